The van der Waals surface area contributed by atoms with Gasteiger partial charge in [0, 0.05) is 36.6 Å². The molecule has 1 aliphatic carbocycles. The van der Waals surface area contributed by atoms with E-state index >= 15 is 0 Å². The van der Waals surface area contributed by atoms with Crippen molar-refractivity contribution in [3.63, 3.8) is 0 Å². The zero-order valence-corrected chi connectivity index (χ0v) is 13.6. The summed E-state index contributed by atoms with van der Waals surface area (Å²) in [6.45, 7) is 5.17. The molecule has 4 nitrogen and oxygen atoms in total. The number of morpholine rings is 1. The first-order valence-corrected chi connectivity index (χ1v) is 8.56. The summed E-state index contributed by atoms with van der Waals surface area (Å²) in [5.41, 5.74) is 3.71. The molecule has 2 heterocycles. The van der Waals surface area contributed by atoms with Crippen LogP contribution in [0.3, 0.4) is 0 Å². The number of benzene rings is 1. The van der Waals surface area contributed by atoms with E-state index in [0.717, 1.165) is 81.0 Å². The maximum Gasteiger partial charge on any atom is 0.160 e. The highest BCUT2D eigenvalue weighted by atomic mass is 19.2. The molecule has 1 fully saturated rings. The van der Waals surface area contributed by atoms with Crippen LogP contribution in [0.5, 0.6) is 0 Å². The van der Waals surface area contributed by atoms with Crippen molar-refractivity contribution in [2.45, 2.75) is 19.3 Å². The molecule has 6 heteroatoms. The average Bonchev–Trinajstić information content (AvgIpc) is 2.95. The molecule has 0 bridgehead atoms. The molecule has 1 saturated heterocycles. The number of fused-ring (bicyclic) bond motifs is 3. The summed E-state index contributed by atoms with van der Waals surface area (Å²) in [7, 11) is 0. The zero-order valence-electron chi connectivity index (χ0n) is 13.6. The highest BCUT2D eigenvalue weighted by Crippen LogP contribution is 2.30. The summed E-state index contributed by atoms with van der Waals surface area (Å²) >= 11 is 0. The smallest absolute Gasteiger partial charge is 0.160 e. The van der Waals surface area contributed by atoms with E-state index in [1.54, 1.807) is 0 Å². The van der Waals surface area contributed by atoms with E-state index in [9.17, 15) is 8.78 Å². The first kappa shape index (κ1) is 15.7. The Morgan fingerprint density at radius 1 is 1.12 bits per heavy atom. The Labute approximate surface area is 139 Å². The molecule has 1 aromatic heterocycles. The zero-order chi connectivity index (χ0) is 16.5. The summed E-state index contributed by atoms with van der Waals surface area (Å²) < 4.78 is 32.4. The summed E-state index contributed by atoms with van der Waals surface area (Å²) in [4.78, 5) is 10.4. The van der Waals surface area contributed by atoms with E-state index in [1.165, 1.54) is 12.1 Å². The topological polar surface area (TPSA) is 40.6 Å². The average molecular weight is 333 g/mol. The molecule has 0 radical (unpaired) electrons. The number of aliphatic imine (C=N–C) groups is 1. The number of nitrogens with one attached hydrogen (secondary N) is 1. The van der Waals surface area contributed by atoms with Crippen LogP contribution in [0.25, 0.3) is 10.9 Å². The number of hydrogen-bond donors (Lipinski definition) is 1. The fourth-order valence-corrected chi connectivity index (χ4v) is 3.62. The van der Waals surface area contributed by atoms with Crippen LogP contribution in [0.4, 0.5) is 8.78 Å². The van der Waals surface area contributed by atoms with E-state index in [1.807, 2.05) is 0 Å². The molecular formula is C18H21F2N3O. The third-order valence-corrected chi connectivity index (χ3v) is 4.90. The molecule has 2 aliphatic rings. The Hall–Kier alpha value is -1.79. The molecule has 0 atom stereocenters. The molecule has 2 aromatic rings. The minimum Gasteiger partial charge on any atom is -0.379 e. The number of H-pyrrole nitrogens is 1. The molecule has 1 aliphatic heterocycles. The van der Waals surface area contributed by atoms with Gasteiger partial charge in [-0.15, -0.1) is 0 Å². The lowest BCUT2D eigenvalue weighted by Gasteiger charge is -2.26. The minimum atomic E-state index is -0.813. The van der Waals surface area contributed by atoms with E-state index in [-0.39, 0.29) is 0 Å². The summed E-state index contributed by atoms with van der Waals surface area (Å²) in [5, 5.41) is 0.782. The number of rotatable bonds is 3. The van der Waals surface area contributed by atoms with E-state index < -0.39 is 11.6 Å². The van der Waals surface area contributed by atoms with Gasteiger partial charge in [0.1, 0.15) is 0 Å². The van der Waals surface area contributed by atoms with Gasteiger partial charge in [0.25, 0.3) is 0 Å². The van der Waals surface area contributed by atoms with E-state index in [4.69, 9.17) is 9.73 Å². The monoisotopic (exact) mass is 333 g/mol. The molecule has 128 valence electrons. The lowest BCUT2D eigenvalue weighted by molar-refractivity contribution is 0.0394. The van der Waals surface area contributed by atoms with Crippen LogP contribution in [0.2, 0.25) is 0 Å². The number of halogens is 2. The molecule has 1 aromatic carbocycles. The maximum atomic E-state index is 13.6. The standard InChI is InChI=1S/C18H21F2N3O/c19-14-10-13-12-2-1-3-16(18(12)22-17(13)11-15(14)20)21-4-5-23-6-8-24-9-7-23/h10-11,22H,1-9H2. The second kappa shape index (κ2) is 6.61. The number of hydrogen-bond acceptors (Lipinski definition) is 3. The van der Waals surface area contributed by atoms with Crippen LogP contribution in [0.1, 0.15) is 24.1 Å². The van der Waals surface area contributed by atoms with Gasteiger partial charge in [-0.1, -0.05) is 0 Å². The lowest BCUT2D eigenvalue weighted by Crippen LogP contribution is -2.37. The first-order valence-electron chi connectivity index (χ1n) is 8.56. The van der Waals surface area contributed by atoms with Gasteiger partial charge in [-0.3, -0.25) is 9.89 Å². The van der Waals surface area contributed by atoms with Gasteiger partial charge in [-0.25, -0.2) is 8.78 Å². The van der Waals surface area contributed by atoms with Gasteiger partial charge < -0.3 is 9.72 Å². The quantitative estimate of drug-likeness (QED) is 0.938. The Morgan fingerprint density at radius 3 is 2.75 bits per heavy atom. The molecule has 24 heavy (non-hydrogen) atoms. The molecule has 0 spiro atoms. The molecular weight excluding hydrogens is 312 g/mol. The van der Waals surface area contributed by atoms with Crippen LogP contribution in [0, 0.1) is 11.6 Å². The number of aryl methyl sites for hydroxylation is 1. The van der Waals surface area contributed by atoms with Crippen LogP contribution < -0.4 is 0 Å². The Morgan fingerprint density at radius 2 is 1.92 bits per heavy atom. The van der Waals surface area contributed by atoms with Crippen molar-refractivity contribution in [1.82, 2.24) is 9.88 Å². The lowest BCUT2D eigenvalue weighted by atomic mass is 9.94. The van der Waals surface area contributed by atoms with Gasteiger partial charge in [-0.05, 0) is 30.9 Å². The fraction of sp³-hybridized carbons (Fsp3) is 0.500. The molecule has 4 rings (SSSR count). The Bertz CT molecular complexity index is 778. The van der Waals surface area contributed by atoms with Gasteiger partial charge in [0.15, 0.2) is 11.6 Å². The second-order valence-corrected chi connectivity index (χ2v) is 6.43. The van der Waals surface area contributed by atoms with Crippen molar-refractivity contribution in [1.29, 1.82) is 0 Å². The summed E-state index contributed by atoms with van der Waals surface area (Å²) in [5.74, 6) is -1.60. The predicted octanol–water partition coefficient (Wildman–Crippen LogP) is 2.90. The van der Waals surface area contributed by atoms with E-state index in [0.29, 0.717) is 5.52 Å². The van der Waals surface area contributed by atoms with Crippen molar-refractivity contribution in [2.75, 3.05) is 39.4 Å². The van der Waals surface area contributed by atoms with Crippen molar-refractivity contribution in [3.8, 4) is 0 Å². The van der Waals surface area contributed by atoms with Gasteiger partial charge in [-0.2, -0.15) is 0 Å². The van der Waals surface area contributed by atoms with Crippen molar-refractivity contribution in [3.05, 3.63) is 35.0 Å². The third kappa shape index (κ3) is 2.96. The van der Waals surface area contributed by atoms with Gasteiger partial charge in [0.2, 0.25) is 0 Å². The highest BCUT2D eigenvalue weighted by molar-refractivity contribution is 6.06. The first-order chi connectivity index (χ1) is 11.7. The second-order valence-electron chi connectivity index (χ2n) is 6.43. The van der Waals surface area contributed by atoms with Crippen molar-refractivity contribution < 1.29 is 13.5 Å². The molecule has 0 unspecified atom stereocenters. The number of aromatic amines is 1. The van der Waals surface area contributed by atoms with Crippen LogP contribution in [-0.2, 0) is 11.2 Å². The normalized spacial score (nSPS) is 20.7. The van der Waals surface area contributed by atoms with Crippen molar-refractivity contribution in [2.24, 2.45) is 4.99 Å². The third-order valence-electron chi connectivity index (χ3n) is 4.90. The highest BCUT2D eigenvalue weighted by Gasteiger charge is 2.22. The number of ether oxygens (including phenoxy) is 1. The minimum absolute atomic E-state index is 0.654. The van der Waals surface area contributed by atoms with Crippen LogP contribution in [-0.4, -0.2) is 55.0 Å². The van der Waals surface area contributed by atoms with Gasteiger partial charge in [0.05, 0.1) is 31.2 Å². The summed E-state index contributed by atoms with van der Waals surface area (Å²) in [6.07, 6.45) is 2.78. The Kier molecular flexibility index (Phi) is 4.33. The predicted molar refractivity (Wildman–Crippen MR) is 89.8 cm³/mol. The number of aromatic nitrogens is 1. The Balaban J connectivity index is 1.57. The van der Waals surface area contributed by atoms with Crippen LogP contribution in [0.15, 0.2) is 17.1 Å². The fourth-order valence-electron chi connectivity index (χ4n) is 3.62. The molecule has 1 N–H and O–H groups in total. The van der Waals surface area contributed by atoms with E-state index in [2.05, 4.69) is 9.88 Å². The SMILES string of the molecule is Fc1cc2[nH]c3c(c2cc1F)CCCC3=NCCN1CCOCC1. The summed E-state index contributed by atoms with van der Waals surface area (Å²) in [6, 6.07) is 2.55. The van der Waals surface area contributed by atoms with Crippen LogP contribution >= 0.6 is 0 Å². The molecule has 0 saturated carbocycles. The van der Waals surface area contributed by atoms with Gasteiger partial charge >= 0.3 is 0 Å². The van der Waals surface area contributed by atoms with Crippen molar-refractivity contribution >= 4 is 16.6 Å². The molecule has 0 amide bonds. The number of nitrogens with zero attached hydrogens (tertiary/aromatic N) is 2. The largest absolute Gasteiger partial charge is 0.379 e. The maximum absolute atomic E-state index is 13.6.